The van der Waals surface area contributed by atoms with Gasteiger partial charge in [0.1, 0.15) is 4.34 Å². The molecule has 1 aromatic rings. The number of nitrogens with one attached hydrogen (secondary N) is 1. The number of anilines is 1. The van der Waals surface area contributed by atoms with E-state index in [1.54, 1.807) is 6.20 Å². The van der Waals surface area contributed by atoms with Gasteiger partial charge in [-0.15, -0.1) is 0 Å². The Morgan fingerprint density at radius 3 is 2.64 bits per heavy atom. The molecule has 0 aliphatic rings. The topological polar surface area (TPSA) is 45.1 Å². The van der Waals surface area contributed by atoms with Gasteiger partial charge < -0.3 is 10.4 Å². The second kappa shape index (κ2) is 4.47. The first kappa shape index (κ1) is 11.8. The van der Waals surface area contributed by atoms with Gasteiger partial charge in [0.25, 0.3) is 0 Å². The van der Waals surface area contributed by atoms with E-state index in [2.05, 4.69) is 31.1 Å². The van der Waals surface area contributed by atoms with Crippen LogP contribution in [0.15, 0.2) is 6.20 Å². The molecular formula is C9H15ClN2OS. The molecular weight excluding hydrogens is 220 g/mol. The maximum Gasteiger partial charge on any atom is 0.184 e. The minimum Gasteiger partial charge on any atom is -0.394 e. The van der Waals surface area contributed by atoms with Crippen LogP contribution in [0, 0.1) is 5.41 Å². The Morgan fingerprint density at radius 1 is 1.64 bits per heavy atom. The Hall–Kier alpha value is -0.320. The van der Waals surface area contributed by atoms with E-state index in [0.29, 0.717) is 4.34 Å². The van der Waals surface area contributed by atoms with Crippen molar-refractivity contribution in [3.8, 4) is 0 Å². The van der Waals surface area contributed by atoms with Gasteiger partial charge in [0.2, 0.25) is 0 Å². The van der Waals surface area contributed by atoms with Crippen LogP contribution in [0.4, 0.5) is 5.13 Å². The van der Waals surface area contributed by atoms with Crippen molar-refractivity contribution >= 4 is 28.1 Å². The van der Waals surface area contributed by atoms with E-state index in [0.717, 1.165) is 5.13 Å². The van der Waals surface area contributed by atoms with Crippen LogP contribution < -0.4 is 5.32 Å². The molecule has 1 heterocycles. The van der Waals surface area contributed by atoms with Gasteiger partial charge in [-0.25, -0.2) is 4.98 Å². The summed E-state index contributed by atoms with van der Waals surface area (Å²) in [5.41, 5.74) is -0.00705. The summed E-state index contributed by atoms with van der Waals surface area (Å²) >= 11 is 7.13. The highest BCUT2D eigenvalue weighted by Crippen LogP contribution is 2.27. The van der Waals surface area contributed by atoms with Gasteiger partial charge >= 0.3 is 0 Å². The first-order chi connectivity index (χ1) is 6.43. The zero-order valence-corrected chi connectivity index (χ0v) is 10.1. The summed E-state index contributed by atoms with van der Waals surface area (Å²) in [5, 5.41) is 13.1. The maximum atomic E-state index is 9.21. The Bertz CT molecular complexity index is 295. The van der Waals surface area contributed by atoms with E-state index in [4.69, 9.17) is 11.6 Å². The highest BCUT2D eigenvalue weighted by atomic mass is 35.5. The smallest absolute Gasteiger partial charge is 0.184 e. The molecule has 0 spiro atoms. The van der Waals surface area contributed by atoms with Gasteiger partial charge in [-0.2, -0.15) is 0 Å². The highest BCUT2D eigenvalue weighted by molar-refractivity contribution is 7.19. The van der Waals surface area contributed by atoms with E-state index in [-0.39, 0.29) is 18.1 Å². The van der Waals surface area contributed by atoms with Crippen LogP contribution >= 0.6 is 22.9 Å². The molecule has 0 amide bonds. The Labute approximate surface area is 93.1 Å². The number of rotatable bonds is 3. The van der Waals surface area contributed by atoms with Crippen molar-refractivity contribution in [2.45, 2.75) is 26.8 Å². The molecule has 0 aliphatic heterocycles. The van der Waals surface area contributed by atoms with E-state index in [1.165, 1.54) is 11.3 Å². The van der Waals surface area contributed by atoms with Gasteiger partial charge in [-0.05, 0) is 5.41 Å². The largest absolute Gasteiger partial charge is 0.394 e. The number of aliphatic hydroxyl groups excluding tert-OH is 1. The first-order valence-corrected chi connectivity index (χ1v) is 5.61. The summed E-state index contributed by atoms with van der Waals surface area (Å²) in [4.78, 5) is 4.08. The van der Waals surface area contributed by atoms with E-state index in [1.807, 2.05) is 0 Å². The number of thiazole rings is 1. The Morgan fingerprint density at radius 2 is 2.29 bits per heavy atom. The van der Waals surface area contributed by atoms with Crippen LogP contribution in [0.1, 0.15) is 20.8 Å². The van der Waals surface area contributed by atoms with Crippen LogP contribution in [0.2, 0.25) is 4.34 Å². The van der Waals surface area contributed by atoms with Crippen molar-refractivity contribution in [1.82, 2.24) is 4.98 Å². The molecule has 0 radical (unpaired) electrons. The van der Waals surface area contributed by atoms with Gasteiger partial charge in [-0.3, -0.25) is 0 Å². The molecule has 0 aliphatic carbocycles. The van der Waals surface area contributed by atoms with Crippen LogP contribution in [-0.2, 0) is 0 Å². The lowest BCUT2D eigenvalue weighted by atomic mass is 9.87. The minimum absolute atomic E-state index is 0.00705. The molecule has 0 fully saturated rings. The van der Waals surface area contributed by atoms with Crippen molar-refractivity contribution in [1.29, 1.82) is 0 Å². The zero-order chi connectivity index (χ0) is 10.8. The quantitative estimate of drug-likeness (QED) is 0.845. The van der Waals surface area contributed by atoms with Crippen molar-refractivity contribution in [3.63, 3.8) is 0 Å². The fraction of sp³-hybridized carbons (Fsp3) is 0.667. The fourth-order valence-corrected chi connectivity index (χ4v) is 1.87. The van der Waals surface area contributed by atoms with Gasteiger partial charge in [-0.1, -0.05) is 43.7 Å². The van der Waals surface area contributed by atoms with E-state index < -0.39 is 0 Å². The normalized spacial score (nSPS) is 14.1. The minimum atomic E-state index is -0.00952. The summed E-state index contributed by atoms with van der Waals surface area (Å²) < 4.78 is 0.651. The first-order valence-electron chi connectivity index (χ1n) is 4.42. The van der Waals surface area contributed by atoms with Crippen LogP contribution in [0.3, 0.4) is 0 Å². The molecule has 0 saturated carbocycles. The molecule has 1 unspecified atom stereocenters. The highest BCUT2D eigenvalue weighted by Gasteiger charge is 2.24. The van der Waals surface area contributed by atoms with Crippen LogP contribution in [0.5, 0.6) is 0 Å². The van der Waals surface area contributed by atoms with Crippen LogP contribution in [0.25, 0.3) is 0 Å². The Kier molecular flexibility index (Phi) is 3.75. The number of hydrogen-bond donors (Lipinski definition) is 2. The standard InChI is InChI=1S/C9H15ClN2OS/c1-9(2,3)6(5-13)12-8-11-4-7(10)14-8/h4,6,13H,5H2,1-3H3,(H,11,12). The molecule has 5 heteroatoms. The molecule has 80 valence electrons. The average Bonchev–Trinajstić information content (AvgIpc) is 2.45. The second-order valence-corrected chi connectivity index (χ2v) is 5.88. The molecule has 1 aromatic heterocycles. The zero-order valence-electron chi connectivity index (χ0n) is 8.54. The van der Waals surface area contributed by atoms with Crippen molar-refractivity contribution in [2.24, 2.45) is 5.41 Å². The fourth-order valence-electron chi connectivity index (χ4n) is 1.01. The van der Waals surface area contributed by atoms with Gasteiger partial charge in [0.15, 0.2) is 5.13 Å². The van der Waals surface area contributed by atoms with E-state index in [9.17, 15) is 5.11 Å². The number of aliphatic hydroxyl groups is 1. The summed E-state index contributed by atoms with van der Waals surface area (Å²) in [6.45, 7) is 6.28. The molecule has 14 heavy (non-hydrogen) atoms. The predicted octanol–water partition coefficient (Wildman–Crippen LogP) is 2.62. The third-order valence-corrected chi connectivity index (χ3v) is 3.05. The molecule has 0 bridgehead atoms. The third-order valence-electron chi connectivity index (χ3n) is 2.00. The lowest BCUT2D eigenvalue weighted by molar-refractivity contribution is 0.202. The molecule has 0 aromatic carbocycles. The lowest BCUT2D eigenvalue weighted by Gasteiger charge is -2.29. The summed E-state index contributed by atoms with van der Waals surface area (Å²) in [5.74, 6) is 0. The number of nitrogens with zero attached hydrogens (tertiary/aromatic N) is 1. The molecule has 0 saturated heterocycles. The van der Waals surface area contributed by atoms with E-state index >= 15 is 0 Å². The number of aromatic nitrogens is 1. The summed E-state index contributed by atoms with van der Waals surface area (Å²) in [7, 11) is 0. The van der Waals surface area contributed by atoms with Gasteiger partial charge in [0, 0.05) is 0 Å². The molecule has 1 atom stereocenters. The number of halogens is 1. The average molecular weight is 235 g/mol. The monoisotopic (exact) mass is 234 g/mol. The van der Waals surface area contributed by atoms with Crippen molar-refractivity contribution in [3.05, 3.63) is 10.5 Å². The summed E-state index contributed by atoms with van der Waals surface area (Å²) in [6, 6.07) is -0.00952. The summed E-state index contributed by atoms with van der Waals surface area (Å²) in [6.07, 6.45) is 1.60. The lowest BCUT2D eigenvalue weighted by Crippen LogP contribution is -2.37. The van der Waals surface area contributed by atoms with Crippen molar-refractivity contribution in [2.75, 3.05) is 11.9 Å². The molecule has 2 N–H and O–H groups in total. The van der Waals surface area contributed by atoms with Crippen LogP contribution in [-0.4, -0.2) is 22.7 Å². The number of hydrogen-bond acceptors (Lipinski definition) is 4. The maximum absolute atomic E-state index is 9.21. The van der Waals surface area contributed by atoms with Crippen molar-refractivity contribution < 1.29 is 5.11 Å². The Balaban J connectivity index is 2.66. The predicted molar refractivity (Wildman–Crippen MR) is 61.1 cm³/mol. The molecule has 1 rings (SSSR count). The SMILES string of the molecule is CC(C)(C)C(CO)Nc1ncc(Cl)s1. The third kappa shape index (κ3) is 3.12. The molecule has 3 nitrogen and oxygen atoms in total. The van der Waals surface area contributed by atoms with Gasteiger partial charge in [0.05, 0.1) is 18.8 Å². The second-order valence-electron chi connectivity index (χ2n) is 4.22.